The predicted molar refractivity (Wildman–Crippen MR) is 74.5 cm³/mol. The van der Waals surface area contributed by atoms with E-state index in [4.69, 9.17) is 0 Å². The van der Waals surface area contributed by atoms with E-state index in [-0.39, 0.29) is 11.9 Å². The molecule has 1 unspecified atom stereocenters. The van der Waals surface area contributed by atoms with Crippen LogP contribution in [0.4, 0.5) is 0 Å². The van der Waals surface area contributed by atoms with E-state index in [2.05, 4.69) is 20.6 Å². The van der Waals surface area contributed by atoms with Gasteiger partial charge in [0.05, 0.1) is 29.0 Å². The summed E-state index contributed by atoms with van der Waals surface area (Å²) in [5, 5.41) is 5.91. The van der Waals surface area contributed by atoms with Crippen LogP contribution < -0.4 is 10.6 Å². The number of hydrogen-bond donors (Lipinski definition) is 2. The number of rotatable bonds is 5. The lowest BCUT2D eigenvalue weighted by Gasteiger charge is -2.12. The highest BCUT2D eigenvalue weighted by atomic mass is 16.2. The molecule has 2 aromatic rings. The quantitative estimate of drug-likeness (QED) is 0.847. The Bertz CT molecular complexity index is 570. The molecular formula is C14H18N4O. The third-order valence-electron chi connectivity index (χ3n) is 2.83. The summed E-state index contributed by atoms with van der Waals surface area (Å²) in [6.45, 7) is 4.90. The van der Waals surface area contributed by atoms with Gasteiger partial charge in [0.25, 0.3) is 0 Å². The minimum atomic E-state index is -0.242. The van der Waals surface area contributed by atoms with Gasteiger partial charge < -0.3 is 10.6 Å². The van der Waals surface area contributed by atoms with Crippen molar-refractivity contribution in [1.82, 2.24) is 20.6 Å². The Morgan fingerprint density at radius 2 is 2.05 bits per heavy atom. The first kappa shape index (κ1) is 13.4. The number of carbonyl (C=O) groups is 1. The molecule has 1 aromatic heterocycles. The van der Waals surface area contributed by atoms with Crippen LogP contribution >= 0.6 is 0 Å². The van der Waals surface area contributed by atoms with Crippen LogP contribution in [-0.2, 0) is 11.3 Å². The van der Waals surface area contributed by atoms with Crippen molar-refractivity contribution in [2.45, 2.75) is 26.4 Å². The van der Waals surface area contributed by atoms with Crippen LogP contribution in [0.2, 0.25) is 0 Å². The Labute approximate surface area is 112 Å². The van der Waals surface area contributed by atoms with Crippen LogP contribution in [0, 0.1) is 0 Å². The molecule has 1 heterocycles. The van der Waals surface area contributed by atoms with Gasteiger partial charge in [-0.25, -0.2) is 4.98 Å². The van der Waals surface area contributed by atoms with Gasteiger partial charge in [0.1, 0.15) is 0 Å². The molecule has 0 bridgehead atoms. The predicted octanol–water partition coefficient (Wildman–Crippen LogP) is 1.24. The van der Waals surface area contributed by atoms with E-state index in [0.717, 1.165) is 16.7 Å². The topological polar surface area (TPSA) is 66.9 Å². The van der Waals surface area contributed by atoms with E-state index < -0.39 is 0 Å². The Morgan fingerprint density at radius 3 is 2.79 bits per heavy atom. The third-order valence-corrected chi connectivity index (χ3v) is 2.83. The van der Waals surface area contributed by atoms with Crippen molar-refractivity contribution < 1.29 is 4.79 Å². The van der Waals surface area contributed by atoms with Crippen LogP contribution in [0.5, 0.6) is 0 Å². The van der Waals surface area contributed by atoms with Gasteiger partial charge >= 0.3 is 0 Å². The van der Waals surface area contributed by atoms with Crippen molar-refractivity contribution in [2.75, 3.05) is 6.54 Å². The third kappa shape index (κ3) is 3.48. The van der Waals surface area contributed by atoms with Gasteiger partial charge in [-0.3, -0.25) is 9.78 Å². The number of hydrogen-bond acceptors (Lipinski definition) is 4. The van der Waals surface area contributed by atoms with E-state index in [1.807, 2.05) is 38.1 Å². The average Bonchev–Trinajstić information content (AvgIpc) is 2.44. The minimum Gasteiger partial charge on any atom is -0.355 e. The maximum Gasteiger partial charge on any atom is 0.236 e. The van der Waals surface area contributed by atoms with Gasteiger partial charge in [0, 0.05) is 13.1 Å². The van der Waals surface area contributed by atoms with Crippen LogP contribution in [-0.4, -0.2) is 28.5 Å². The highest BCUT2D eigenvalue weighted by Crippen LogP contribution is 2.08. The van der Waals surface area contributed by atoms with Crippen LogP contribution in [0.25, 0.3) is 11.0 Å². The van der Waals surface area contributed by atoms with Gasteiger partial charge in [-0.2, -0.15) is 0 Å². The Balaban J connectivity index is 1.99. The number of nitrogens with one attached hydrogen (secondary N) is 2. The number of benzene rings is 1. The fraction of sp³-hybridized carbons (Fsp3) is 0.357. The summed E-state index contributed by atoms with van der Waals surface area (Å²) >= 11 is 0. The van der Waals surface area contributed by atoms with Crippen molar-refractivity contribution in [2.24, 2.45) is 0 Å². The Kier molecular flexibility index (Phi) is 4.41. The highest BCUT2D eigenvalue weighted by molar-refractivity contribution is 5.81. The maximum absolute atomic E-state index is 11.6. The van der Waals surface area contributed by atoms with Gasteiger partial charge in [-0.1, -0.05) is 12.1 Å². The molecule has 19 heavy (non-hydrogen) atoms. The molecule has 0 aliphatic rings. The van der Waals surface area contributed by atoms with Crippen molar-refractivity contribution in [3.05, 3.63) is 36.2 Å². The van der Waals surface area contributed by atoms with E-state index in [9.17, 15) is 4.79 Å². The van der Waals surface area contributed by atoms with Crippen LogP contribution in [0.15, 0.2) is 30.5 Å². The smallest absolute Gasteiger partial charge is 0.236 e. The fourth-order valence-corrected chi connectivity index (χ4v) is 1.76. The van der Waals surface area contributed by atoms with Crippen LogP contribution in [0.3, 0.4) is 0 Å². The summed E-state index contributed by atoms with van der Waals surface area (Å²) in [7, 11) is 0. The first-order chi connectivity index (χ1) is 9.20. The number of para-hydroxylation sites is 2. The molecule has 0 saturated heterocycles. The first-order valence-corrected chi connectivity index (χ1v) is 6.42. The van der Waals surface area contributed by atoms with Gasteiger partial charge in [-0.05, 0) is 26.0 Å². The van der Waals surface area contributed by atoms with Crippen molar-refractivity contribution in [3.63, 3.8) is 0 Å². The molecule has 0 spiro atoms. The molecule has 1 atom stereocenters. The van der Waals surface area contributed by atoms with Gasteiger partial charge in [0.15, 0.2) is 0 Å². The fourth-order valence-electron chi connectivity index (χ4n) is 1.76. The molecule has 100 valence electrons. The molecule has 0 radical (unpaired) electrons. The highest BCUT2D eigenvalue weighted by Gasteiger charge is 2.11. The zero-order valence-electron chi connectivity index (χ0n) is 11.2. The van der Waals surface area contributed by atoms with E-state index in [1.165, 1.54) is 0 Å². The summed E-state index contributed by atoms with van der Waals surface area (Å²) in [4.78, 5) is 20.4. The summed E-state index contributed by atoms with van der Waals surface area (Å²) in [5.41, 5.74) is 2.57. The monoisotopic (exact) mass is 258 g/mol. The molecule has 0 aliphatic carbocycles. The largest absolute Gasteiger partial charge is 0.355 e. The van der Waals surface area contributed by atoms with Crippen LogP contribution in [0.1, 0.15) is 19.5 Å². The van der Waals surface area contributed by atoms with E-state index in [0.29, 0.717) is 13.1 Å². The lowest BCUT2D eigenvalue weighted by molar-refractivity contribution is -0.122. The molecule has 5 heteroatoms. The average molecular weight is 258 g/mol. The second kappa shape index (κ2) is 6.24. The maximum atomic E-state index is 11.6. The summed E-state index contributed by atoms with van der Waals surface area (Å²) < 4.78 is 0. The molecule has 5 nitrogen and oxygen atoms in total. The molecular weight excluding hydrogens is 240 g/mol. The van der Waals surface area contributed by atoms with Gasteiger partial charge in [-0.15, -0.1) is 0 Å². The SMILES string of the molecule is CCNC(=O)C(C)NCc1cnc2ccccc2n1. The van der Waals surface area contributed by atoms with Crippen molar-refractivity contribution >= 4 is 16.9 Å². The number of likely N-dealkylation sites (N-methyl/N-ethyl adjacent to an activating group) is 1. The molecule has 2 N–H and O–H groups in total. The first-order valence-electron chi connectivity index (χ1n) is 6.42. The molecule has 0 aliphatic heterocycles. The number of aromatic nitrogens is 2. The Hall–Kier alpha value is -2.01. The standard InChI is InChI=1S/C14H18N4O/c1-3-15-14(19)10(2)16-8-11-9-17-12-6-4-5-7-13(12)18-11/h4-7,9-10,16H,3,8H2,1-2H3,(H,15,19). The lowest BCUT2D eigenvalue weighted by atomic mass is 10.2. The zero-order chi connectivity index (χ0) is 13.7. The second-order valence-corrected chi connectivity index (χ2v) is 4.35. The van der Waals surface area contributed by atoms with Crippen molar-refractivity contribution in [3.8, 4) is 0 Å². The summed E-state index contributed by atoms with van der Waals surface area (Å²) in [5.74, 6) is -0.00347. The molecule has 1 aromatic carbocycles. The number of amides is 1. The van der Waals surface area contributed by atoms with E-state index in [1.54, 1.807) is 6.20 Å². The second-order valence-electron chi connectivity index (χ2n) is 4.35. The molecule has 0 saturated carbocycles. The number of fused-ring (bicyclic) bond motifs is 1. The summed E-state index contributed by atoms with van der Waals surface area (Å²) in [6.07, 6.45) is 1.74. The van der Waals surface area contributed by atoms with Crippen molar-refractivity contribution in [1.29, 1.82) is 0 Å². The normalized spacial score (nSPS) is 12.3. The molecule has 0 fully saturated rings. The Morgan fingerprint density at radius 1 is 1.32 bits per heavy atom. The lowest BCUT2D eigenvalue weighted by Crippen LogP contribution is -2.41. The summed E-state index contributed by atoms with van der Waals surface area (Å²) in [6, 6.07) is 7.49. The van der Waals surface area contributed by atoms with Gasteiger partial charge in [0.2, 0.25) is 5.91 Å². The molecule has 1 amide bonds. The molecule has 2 rings (SSSR count). The zero-order valence-corrected chi connectivity index (χ0v) is 11.2. The van der Waals surface area contributed by atoms with E-state index >= 15 is 0 Å². The number of carbonyl (C=O) groups excluding carboxylic acids is 1. The minimum absolute atomic E-state index is 0.00347. The number of nitrogens with zero attached hydrogens (tertiary/aromatic N) is 2.